The number of methoxy groups -OCH3 is 1. The van der Waals surface area contributed by atoms with Crippen LogP contribution in [0.1, 0.15) is 37.8 Å². The van der Waals surface area contributed by atoms with E-state index >= 15 is 0 Å². The zero-order valence-electron chi connectivity index (χ0n) is 12.8. The molecule has 1 saturated carbocycles. The number of aromatic nitrogens is 1. The van der Waals surface area contributed by atoms with Crippen molar-refractivity contribution in [2.24, 2.45) is 5.73 Å². The Morgan fingerprint density at radius 3 is 2.76 bits per heavy atom. The van der Waals surface area contributed by atoms with E-state index in [0.29, 0.717) is 19.7 Å². The first-order chi connectivity index (χ1) is 10.2. The highest BCUT2D eigenvalue weighted by atomic mass is 16.5. The van der Waals surface area contributed by atoms with Crippen LogP contribution in [-0.2, 0) is 16.1 Å². The fourth-order valence-electron chi connectivity index (χ4n) is 2.85. The Bertz CT molecular complexity index is 444. The fourth-order valence-corrected chi connectivity index (χ4v) is 2.85. The summed E-state index contributed by atoms with van der Waals surface area (Å²) < 4.78 is 5.13. The van der Waals surface area contributed by atoms with Crippen LogP contribution in [0.5, 0.6) is 0 Å². The average Bonchev–Trinajstić information content (AvgIpc) is 2.52. The van der Waals surface area contributed by atoms with E-state index in [1.807, 2.05) is 18.2 Å². The lowest BCUT2D eigenvalue weighted by atomic mass is 9.81. The number of nitrogens with two attached hydrogens (primary N) is 1. The number of hydrogen-bond donors (Lipinski definition) is 1. The summed E-state index contributed by atoms with van der Waals surface area (Å²) in [5.41, 5.74) is 6.55. The van der Waals surface area contributed by atoms with E-state index in [4.69, 9.17) is 10.5 Å². The molecule has 1 aromatic heterocycles. The van der Waals surface area contributed by atoms with Crippen LogP contribution in [0.2, 0.25) is 0 Å². The summed E-state index contributed by atoms with van der Waals surface area (Å²) in [7, 11) is 1.64. The van der Waals surface area contributed by atoms with Crippen LogP contribution in [0.4, 0.5) is 0 Å². The quantitative estimate of drug-likeness (QED) is 0.866. The Kier molecular flexibility index (Phi) is 5.70. The van der Waals surface area contributed by atoms with Gasteiger partial charge in [0.1, 0.15) is 0 Å². The molecule has 0 bridgehead atoms. The van der Waals surface area contributed by atoms with Gasteiger partial charge >= 0.3 is 0 Å². The van der Waals surface area contributed by atoms with E-state index < -0.39 is 5.54 Å². The molecule has 21 heavy (non-hydrogen) atoms. The van der Waals surface area contributed by atoms with E-state index in [1.54, 1.807) is 18.2 Å². The van der Waals surface area contributed by atoms with Crippen molar-refractivity contribution in [3.63, 3.8) is 0 Å². The number of pyridine rings is 1. The van der Waals surface area contributed by atoms with Gasteiger partial charge in [-0.1, -0.05) is 25.3 Å². The Morgan fingerprint density at radius 2 is 2.14 bits per heavy atom. The standard InChI is InChI=1S/C16H25N3O2/c1-21-12-11-19(13-14-7-3-6-10-18-14)15(20)16(17)8-4-2-5-9-16/h3,6-7,10H,2,4-5,8-9,11-13,17H2,1H3. The fraction of sp³-hybridized carbons (Fsp3) is 0.625. The summed E-state index contributed by atoms with van der Waals surface area (Å²) in [4.78, 5) is 18.9. The molecule has 5 heteroatoms. The van der Waals surface area contributed by atoms with Crippen molar-refractivity contribution in [1.29, 1.82) is 0 Å². The number of nitrogens with zero attached hydrogens (tertiary/aromatic N) is 2. The van der Waals surface area contributed by atoms with Crippen LogP contribution >= 0.6 is 0 Å². The van der Waals surface area contributed by atoms with E-state index in [0.717, 1.165) is 31.4 Å². The predicted octanol–water partition coefficient (Wildman–Crippen LogP) is 1.72. The van der Waals surface area contributed by atoms with Crippen molar-refractivity contribution in [2.75, 3.05) is 20.3 Å². The lowest BCUT2D eigenvalue weighted by Crippen LogP contribution is -2.56. The highest BCUT2D eigenvalue weighted by molar-refractivity contribution is 5.86. The second-order valence-corrected chi connectivity index (χ2v) is 5.76. The zero-order chi connectivity index (χ0) is 15.1. The Hall–Kier alpha value is -1.46. The van der Waals surface area contributed by atoms with Gasteiger partial charge in [-0.15, -0.1) is 0 Å². The normalized spacial score (nSPS) is 17.4. The van der Waals surface area contributed by atoms with Gasteiger partial charge in [0, 0.05) is 19.9 Å². The average molecular weight is 291 g/mol. The number of ether oxygens (including phenoxy) is 1. The van der Waals surface area contributed by atoms with Crippen molar-refractivity contribution >= 4 is 5.91 Å². The Labute approximate surface area is 126 Å². The van der Waals surface area contributed by atoms with Gasteiger partial charge in [-0.25, -0.2) is 0 Å². The minimum atomic E-state index is -0.708. The highest BCUT2D eigenvalue weighted by Crippen LogP contribution is 2.28. The molecule has 0 atom stereocenters. The first kappa shape index (κ1) is 15.9. The molecule has 0 saturated heterocycles. The summed E-state index contributed by atoms with van der Waals surface area (Å²) in [5, 5.41) is 0. The predicted molar refractivity (Wildman–Crippen MR) is 81.5 cm³/mol. The molecule has 1 heterocycles. The first-order valence-electron chi connectivity index (χ1n) is 7.63. The van der Waals surface area contributed by atoms with Crippen LogP contribution in [0.3, 0.4) is 0 Å². The maximum absolute atomic E-state index is 12.8. The van der Waals surface area contributed by atoms with Crippen molar-refractivity contribution in [1.82, 2.24) is 9.88 Å². The summed E-state index contributed by atoms with van der Waals surface area (Å²) in [6, 6.07) is 5.73. The third-order valence-corrected chi connectivity index (χ3v) is 4.10. The molecule has 1 aliphatic rings. The molecule has 1 amide bonds. The molecule has 0 unspecified atom stereocenters. The smallest absolute Gasteiger partial charge is 0.243 e. The topological polar surface area (TPSA) is 68.5 Å². The molecule has 0 spiro atoms. The van der Waals surface area contributed by atoms with Crippen molar-refractivity contribution < 1.29 is 9.53 Å². The second kappa shape index (κ2) is 7.52. The SMILES string of the molecule is COCCN(Cc1ccccn1)C(=O)C1(N)CCCCC1. The summed E-state index contributed by atoms with van der Waals surface area (Å²) >= 11 is 0. The number of carbonyl (C=O) groups is 1. The van der Waals surface area contributed by atoms with Gasteiger partial charge in [0.25, 0.3) is 0 Å². The molecule has 2 N–H and O–H groups in total. The molecule has 1 fully saturated rings. The third kappa shape index (κ3) is 4.25. The van der Waals surface area contributed by atoms with E-state index in [2.05, 4.69) is 4.98 Å². The molecular weight excluding hydrogens is 266 g/mol. The van der Waals surface area contributed by atoms with Crippen LogP contribution < -0.4 is 5.73 Å². The van der Waals surface area contributed by atoms with Crippen LogP contribution in [0.15, 0.2) is 24.4 Å². The van der Waals surface area contributed by atoms with E-state index in [-0.39, 0.29) is 5.91 Å². The summed E-state index contributed by atoms with van der Waals surface area (Å²) in [6.45, 7) is 1.54. The van der Waals surface area contributed by atoms with Crippen molar-refractivity contribution in [2.45, 2.75) is 44.2 Å². The Morgan fingerprint density at radius 1 is 1.38 bits per heavy atom. The van der Waals surface area contributed by atoms with Gasteiger partial charge in [0.2, 0.25) is 5.91 Å². The molecule has 5 nitrogen and oxygen atoms in total. The maximum Gasteiger partial charge on any atom is 0.243 e. The lowest BCUT2D eigenvalue weighted by molar-refractivity contribution is -0.139. The molecule has 1 aromatic rings. The number of carbonyl (C=O) groups excluding carboxylic acids is 1. The van der Waals surface area contributed by atoms with E-state index in [9.17, 15) is 4.79 Å². The van der Waals surface area contributed by atoms with Crippen molar-refractivity contribution in [3.05, 3.63) is 30.1 Å². The minimum Gasteiger partial charge on any atom is -0.383 e. The molecule has 0 aliphatic heterocycles. The minimum absolute atomic E-state index is 0.0323. The third-order valence-electron chi connectivity index (χ3n) is 4.10. The van der Waals surface area contributed by atoms with Gasteiger partial charge in [0.15, 0.2) is 0 Å². The molecule has 0 aromatic carbocycles. The van der Waals surface area contributed by atoms with E-state index in [1.165, 1.54) is 6.42 Å². The van der Waals surface area contributed by atoms with Crippen LogP contribution in [0.25, 0.3) is 0 Å². The number of hydrogen-bond acceptors (Lipinski definition) is 4. The largest absolute Gasteiger partial charge is 0.383 e. The summed E-state index contributed by atoms with van der Waals surface area (Å²) in [6.07, 6.45) is 6.53. The first-order valence-corrected chi connectivity index (χ1v) is 7.63. The van der Waals surface area contributed by atoms with Crippen LogP contribution in [-0.4, -0.2) is 41.6 Å². The van der Waals surface area contributed by atoms with Gasteiger partial charge < -0.3 is 15.4 Å². The molecule has 1 aliphatic carbocycles. The number of rotatable bonds is 6. The molecule has 2 rings (SSSR count). The van der Waals surface area contributed by atoms with Gasteiger partial charge in [-0.3, -0.25) is 9.78 Å². The Balaban J connectivity index is 2.09. The van der Waals surface area contributed by atoms with Crippen LogP contribution in [0, 0.1) is 0 Å². The van der Waals surface area contributed by atoms with Gasteiger partial charge in [-0.05, 0) is 25.0 Å². The monoisotopic (exact) mass is 291 g/mol. The highest BCUT2D eigenvalue weighted by Gasteiger charge is 2.38. The van der Waals surface area contributed by atoms with Gasteiger partial charge in [-0.2, -0.15) is 0 Å². The maximum atomic E-state index is 12.8. The van der Waals surface area contributed by atoms with Crippen molar-refractivity contribution in [3.8, 4) is 0 Å². The van der Waals surface area contributed by atoms with Gasteiger partial charge in [0.05, 0.1) is 24.4 Å². The molecule has 116 valence electrons. The summed E-state index contributed by atoms with van der Waals surface area (Å²) in [5.74, 6) is 0.0323. The second-order valence-electron chi connectivity index (χ2n) is 5.76. The molecule has 0 radical (unpaired) electrons. The molecular formula is C16H25N3O2. The number of amides is 1. The lowest BCUT2D eigenvalue weighted by Gasteiger charge is -2.36. The zero-order valence-corrected chi connectivity index (χ0v) is 12.8.